The number of benzene rings is 1. The van der Waals surface area contributed by atoms with Gasteiger partial charge in [0.1, 0.15) is 23.9 Å². The Morgan fingerprint density at radius 2 is 2.06 bits per heavy atom. The van der Waals surface area contributed by atoms with E-state index in [1.807, 2.05) is 0 Å². The van der Waals surface area contributed by atoms with Gasteiger partial charge in [-0.15, -0.1) is 0 Å². The van der Waals surface area contributed by atoms with Crippen LogP contribution in [0.3, 0.4) is 0 Å². The van der Waals surface area contributed by atoms with Crippen LogP contribution in [-0.2, 0) is 16.1 Å². The molecular formula is C25H29N5O6. The number of imidazole rings is 1. The molecule has 11 heteroatoms. The van der Waals surface area contributed by atoms with Crippen LogP contribution in [-0.4, -0.2) is 82.8 Å². The molecule has 190 valence electrons. The van der Waals surface area contributed by atoms with Crippen LogP contribution in [0.2, 0.25) is 0 Å². The number of nitrogens with one attached hydrogen (secondary N) is 1. The van der Waals surface area contributed by atoms with Crippen molar-refractivity contribution < 1.29 is 29.0 Å². The van der Waals surface area contributed by atoms with E-state index < -0.39 is 23.8 Å². The van der Waals surface area contributed by atoms with Gasteiger partial charge in [-0.2, -0.15) is 0 Å². The Kier molecular flexibility index (Phi) is 7.57. The Hall–Kier alpha value is -3.88. The molecule has 0 unspecified atom stereocenters. The van der Waals surface area contributed by atoms with Gasteiger partial charge < -0.3 is 35.1 Å². The molecule has 36 heavy (non-hydrogen) atoms. The number of aliphatic hydroxyl groups is 1. The van der Waals surface area contributed by atoms with Crippen molar-refractivity contribution in [2.24, 2.45) is 5.73 Å². The third kappa shape index (κ3) is 5.19. The number of rotatable bonds is 5. The van der Waals surface area contributed by atoms with Gasteiger partial charge in [0, 0.05) is 38.4 Å². The first-order valence-electron chi connectivity index (χ1n) is 11.8. The molecule has 4 rings (SSSR count). The van der Waals surface area contributed by atoms with E-state index in [1.165, 1.54) is 4.90 Å². The average Bonchev–Trinajstić information content (AvgIpc) is 3.18. The van der Waals surface area contributed by atoms with Gasteiger partial charge in [-0.05, 0) is 38.0 Å². The summed E-state index contributed by atoms with van der Waals surface area (Å²) >= 11 is 0. The minimum absolute atomic E-state index is 0.0739. The number of carbonyl (C=O) groups excluding carboxylic acids is 3. The van der Waals surface area contributed by atoms with Gasteiger partial charge in [0.15, 0.2) is 11.8 Å². The highest BCUT2D eigenvalue weighted by Gasteiger charge is 2.31. The minimum atomic E-state index is -1.46. The molecule has 4 N–H and O–H groups in total. The van der Waals surface area contributed by atoms with Crippen LogP contribution in [0.4, 0.5) is 0 Å². The maximum absolute atomic E-state index is 13.2. The number of fused-ring (bicyclic) bond motifs is 3. The topological polar surface area (TPSA) is 149 Å². The summed E-state index contributed by atoms with van der Waals surface area (Å²) in [6.45, 7) is 3.87. The summed E-state index contributed by atoms with van der Waals surface area (Å²) in [6.07, 6.45) is -0.113. The smallest absolute Gasteiger partial charge is 0.270 e. The van der Waals surface area contributed by atoms with E-state index in [9.17, 15) is 19.5 Å². The van der Waals surface area contributed by atoms with Gasteiger partial charge in [-0.3, -0.25) is 14.4 Å². The number of nitrogens with two attached hydrogens (primary N) is 1. The van der Waals surface area contributed by atoms with Crippen molar-refractivity contribution in [3.05, 3.63) is 35.2 Å². The number of hydrogen-bond donors (Lipinski definition) is 3. The lowest BCUT2D eigenvalue weighted by Gasteiger charge is -2.23. The predicted octanol–water partition coefficient (Wildman–Crippen LogP) is 0.141. The molecular weight excluding hydrogens is 466 g/mol. The second-order valence-corrected chi connectivity index (χ2v) is 8.59. The highest BCUT2D eigenvalue weighted by Crippen LogP contribution is 2.34. The molecule has 1 aromatic heterocycles. The van der Waals surface area contributed by atoms with Crippen LogP contribution in [0.1, 0.15) is 46.3 Å². The van der Waals surface area contributed by atoms with Gasteiger partial charge in [0.05, 0.1) is 12.1 Å². The van der Waals surface area contributed by atoms with E-state index >= 15 is 0 Å². The second-order valence-electron chi connectivity index (χ2n) is 8.59. The van der Waals surface area contributed by atoms with Crippen molar-refractivity contribution in [2.45, 2.75) is 38.5 Å². The predicted molar refractivity (Wildman–Crippen MR) is 129 cm³/mol. The van der Waals surface area contributed by atoms with E-state index in [0.29, 0.717) is 55.3 Å². The number of aliphatic hydroxyl groups excluding tert-OH is 1. The Morgan fingerprint density at radius 1 is 1.31 bits per heavy atom. The maximum Gasteiger partial charge on any atom is 0.270 e. The molecule has 2 aliphatic rings. The van der Waals surface area contributed by atoms with Crippen LogP contribution in [0.25, 0.3) is 11.4 Å². The summed E-state index contributed by atoms with van der Waals surface area (Å²) in [4.78, 5) is 43.4. The lowest BCUT2D eigenvalue weighted by atomic mass is 10.1. The summed E-state index contributed by atoms with van der Waals surface area (Å²) in [5.41, 5.74) is 6.57. The van der Waals surface area contributed by atoms with Gasteiger partial charge in [-0.25, -0.2) is 4.98 Å². The fraction of sp³-hybridized carbons (Fsp3) is 0.440. The largest absolute Gasteiger partial charge is 0.491 e. The molecule has 1 aromatic carbocycles. The lowest BCUT2D eigenvalue weighted by Crippen LogP contribution is -2.40. The van der Waals surface area contributed by atoms with Gasteiger partial charge in [0.25, 0.3) is 17.7 Å². The zero-order valence-corrected chi connectivity index (χ0v) is 20.2. The molecule has 0 bridgehead atoms. The van der Waals surface area contributed by atoms with Gasteiger partial charge in [-0.1, -0.05) is 11.8 Å². The van der Waals surface area contributed by atoms with Crippen molar-refractivity contribution in [2.75, 3.05) is 33.4 Å². The lowest BCUT2D eigenvalue weighted by molar-refractivity contribution is -0.135. The molecule has 3 amide bonds. The highest BCUT2D eigenvalue weighted by atomic mass is 16.5. The number of amides is 3. The first kappa shape index (κ1) is 25.2. The SMILES string of the molecule is CCN(C)C(=O)[C@H](O)C#Cc1ccc2c(c1)-c1nc(C(N)=O)c(C(=O)NC3CCOCC3)n1CCO2. The fourth-order valence-electron chi connectivity index (χ4n) is 4.11. The molecule has 3 heterocycles. The molecule has 1 atom stereocenters. The maximum atomic E-state index is 13.2. The number of primary amides is 1. The summed E-state index contributed by atoms with van der Waals surface area (Å²) in [5, 5.41) is 13.1. The number of ether oxygens (including phenoxy) is 2. The third-order valence-corrected chi connectivity index (χ3v) is 6.20. The number of aromatic nitrogens is 2. The molecule has 1 saturated heterocycles. The molecule has 0 saturated carbocycles. The number of nitrogens with zero attached hydrogens (tertiary/aromatic N) is 3. The zero-order chi connectivity index (χ0) is 25.8. The summed E-state index contributed by atoms with van der Waals surface area (Å²) < 4.78 is 12.8. The van der Waals surface area contributed by atoms with Crippen LogP contribution >= 0.6 is 0 Å². The second kappa shape index (κ2) is 10.8. The summed E-state index contributed by atoms with van der Waals surface area (Å²) in [5.74, 6) is 4.46. The molecule has 0 aliphatic carbocycles. The molecule has 0 spiro atoms. The zero-order valence-electron chi connectivity index (χ0n) is 20.2. The van der Waals surface area contributed by atoms with Crippen molar-refractivity contribution >= 4 is 17.7 Å². The van der Waals surface area contributed by atoms with Crippen molar-refractivity contribution in [1.29, 1.82) is 0 Å². The Labute approximate surface area is 208 Å². The van der Waals surface area contributed by atoms with E-state index in [2.05, 4.69) is 22.1 Å². The quantitative estimate of drug-likeness (QED) is 0.500. The van der Waals surface area contributed by atoms with Crippen LogP contribution in [0, 0.1) is 11.8 Å². The average molecular weight is 496 g/mol. The van der Waals surface area contributed by atoms with Gasteiger partial charge in [0.2, 0.25) is 0 Å². The van der Waals surface area contributed by atoms with E-state index in [-0.39, 0.29) is 30.6 Å². The van der Waals surface area contributed by atoms with Crippen LogP contribution < -0.4 is 15.8 Å². The Balaban J connectivity index is 1.70. The summed E-state index contributed by atoms with van der Waals surface area (Å²) in [6, 6.07) is 4.99. The normalized spacial score (nSPS) is 15.8. The molecule has 2 aliphatic heterocycles. The fourth-order valence-corrected chi connectivity index (χ4v) is 4.11. The highest BCUT2D eigenvalue weighted by molar-refractivity contribution is 6.05. The standard InChI is InChI=1S/C25H29N5O6/c1-3-29(2)25(34)18(31)6-4-15-5-7-19-17(14-15)23-28-20(22(26)32)21(30(23)10-13-36-19)24(33)27-16-8-11-35-12-9-16/h5,7,14,16,18,31H,3,8-13H2,1-2H3,(H2,26,32)(H,27,33)/t18-/m1/s1. The van der Waals surface area contributed by atoms with E-state index in [0.717, 1.165) is 0 Å². The molecule has 11 nitrogen and oxygen atoms in total. The molecule has 2 aromatic rings. The van der Waals surface area contributed by atoms with Crippen LogP contribution in [0.15, 0.2) is 18.2 Å². The van der Waals surface area contributed by atoms with Crippen molar-refractivity contribution in [3.63, 3.8) is 0 Å². The third-order valence-electron chi connectivity index (χ3n) is 6.20. The first-order valence-corrected chi connectivity index (χ1v) is 11.8. The van der Waals surface area contributed by atoms with Crippen LogP contribution in [0.5, 0.6) is 5.75 Å². The van der Waals surface area contributed by atoms with E-state index in [1.54, 1.807) is 36.7 Å². The van der Waals surface area contributed by atoms with Crippen molar-refractivity contribution in [1.82, 2.24) is 19.8 Å². The number of hydrogen-bond acceptors (Lipinski definition) is 7. The van der Waals surface area contributed by atoms with Crippen molar-refractivity contribution in [3.8, 4) is 29.0 Å². The monoisotopic (exact) mass is 495 g/mol. The first-order chi connectivity index (χ1) is 17.3. The minimum Gasteiger partial charge on any atom is -0.491 e. The van der Waals surface area contributed by atoms with Gasteiger partial charge >= 0.3 is 0 Å². The van der Waals surface area contributed by atoms with E-state index in [4.69, 9.17) is 15.2 Å². The Bertz CT molecular complexity index is 1240. The molecule has 1 fully saturated rings. The Morgan fingerprint density at radius 3 is 2.75 bits per heavy atom. The number of carbonyl (C=O) groups is 3. The number of likely N-dealkylation sites (N-methyl/N-ethyl adjacent to an activating group) is 1. The molecule has 0 radical (unpaired) electrons. The summed E-state index contributed by atoms with van der Waals surface area (Å²) in [7, 11) is 1.58.